The predicted molar refractivity (Wildman–Crippen MR) is 115 cm³/mol. The van der Waals surface area contributed by atoms with Crippen molar-refractivity contribution >= 4 is 34.6 Å². The summed E-state index contributed by atoms with van der Waals surface area (Å²) in [6, 6.07) is 12.4. The van der Waals surface area contributed by atoms with Crippen molar-refractivity contribution in [2.75, 3.05) is 17.7 Å². The van der Waals surface area contributed by atoms with Gasteiger partial charge in [-0.15, -0.1) is 16.4 Å². The lowest BCUT2D eigenvalue weighted by atomic mass is 9.83. The first-order chi connectivity index (χ1) is 13.4. The summed E-state index contributed by atoms with van der Waals surface area (Å²) in [4.78, 5) is 20.5. The van der Waals surface area contributed by atoms with Gasteiger partial charge >= 0.3 is 0 Å². The molecule has 2 aromatic heterocycles. The molecule has 5 nitrogen and oxygen atoms in total. The molecule has 1 N–H and O–H groups in total. The highest BCUT2D eigenvalue weighted by atomic mass is 32.2. The molecule has 3 aromatic rings. The molecule has 7 heteroatoms. The number of likely N-dealkylation sites (N-methyl/N-ethyl adjacent to an activating group) is 1. The molecule has 0 fully saturated rings. The van der Waals surface area contributed by atoms with E-state index in [0.29, 0.717) is 10.9 Å². The van der Waals surface area contributed by atoms with E-state index in [1.165, 1.54) is 22.2 Å². The molecule has 0 unspecified atom stereocenters. The number of fused-ring (bicyclic) bond motifs is 1. The van der Waals surface area contributed by atoms with Crippen LogP contribution in [0.15, 0.2) is 58.7 Å². The van der Waals surface area contributed by atoms with E-state index >= 15 is 0 Å². The van der Waals surface area contributed by atoms with Crippen LogP contribution in [0.5, 0.6) is 0 Å². The zero-order valence-electron chi connectivity index (χ0n) is 16.1. The van der Waals surface area contributed by atoms with Gasteiger partial charge < -0.3 is 4.90 Å². The lowest BCUT2D eigenvalue weighted by Gasteiger charge is -2.23. The minimum absolute atomic E-state index is 0.0670. The van der Waals surface area contributed by atoms with E-state index in [1.54, 1.807) is 17.4 Å². The van der Waals surface area contributed by atoms with E-state index in [9.17, 15) is 4.79 Å². The van der Waals surface area contributed by atoms with Crippen LogP contribution in [-0.2, 0) is 16.6 Å². The third kappa shape index (κ3) is 3.64. The van der Waals surface area contributed by atoms with Crippen LogP contribution in [0.1, 0.15) is 30.1 Å². The third-order valence-corrected chi connectivity index (χ3v) is 6.76. The van der Waals surface area contributed by atoms with Crippen LogP contribution >= 0.6 is 23.1 Å². The number of thiophene rings is 1. The maximum Gasteiger partial charge on any atom is 0.208 e. The van der Waals surface area contributed by atoms with Gasteiger partial charge in [-0.25, -0.2) is 4.98 Å². The third-order valence-electron chi connectivity index (χ3n) is 5.01. The fourth-order valence-electron chi connectivity index (χ4n) is 3.59. The van der Waals surface area contributed by atoms with Crippen molar-refractivity contribution in [2.45, 2.75) is 30.8 Å². The Balaban J connectivity index is 1.42. The van der Waals surface area contributed by atoms with E-state index < -0.39 is 0 Å². The highest BCUT2D eigenvalue weighted by molar-refractivity contribution is 7.99. The molecular formula is C21H22N4OS2. The molecule has 0 atom stereocenters. The molecule has 0 aliphatic carbocycles. The van der Waals surface area contributed by atoms with Gasteiger partial charge in [0.1, 0.15) is 5.82 Å². The fraction of sp³-hybridized carbons (Fsp3) is 0.286. The number of carbonyl (C=O) groups is 1. The number of thioether (sulfide) groups is 1. The van der Waals surface area contributed by atoms with Crippen molar-refractivity contribution in [3.63, 3.8) is 0 Å². The highest BCUT2D eigenvalue weighted by Gasteiger charge is 2.38. The van der Waals surface area contributed by atoms with E-state index in [-0.39, 0.29) is 11.2 Å². The number of hydrogen-bond acceptors (Lipinski definition) is 6. The zero-order valence-corrected chi connectivity index (χ0v) is 17.7. The molecule has 3 heterocycles. The summed E-state index contributed by atoms with van der Waals surface area (Å²) in [5, 5.41) is 9.85. The molecule has 0 amide bonds. The van der Waals surface area contributed by atoms with Gasteiger partial charge in [0, 0.05) is 41.2 Å². The number of para-hydroxylation sites is 1. The summed E-state index contributed by atoms with van der Waals surface area (Å²) >= 11 is 3.06. The number of H-pyrrole nitrogens is 1. The molecule has 0 bridgehead atoms. The van der Waals surface area contributed by atoms with Gasteiger partial charge in [-0.2, -0.15) is 0 Å². The first-order valence-electron chi connectivity index (χ1n) is 9.10. The monoisotopic (exact) mass is 410 g/mol. The van der Waals surface area contributed by atoms with Gasteiger partial charge in [0.05, 0.1) is 5.75 Å². The van der Waals surface area contributed by atoms with Gasteiger partial charge in [-0.3, -0.25) is 9.89 Å². The van der Waals surface area contributed by atoms with Crippen LogP contribution in [-0.4, -0.2) is 33.8 Å². The Hall–Kier alpha value is -2.38. The van der Waals surface area contributed by atoms with E-state index in [4.69, 9.17) is 0 Å². The number of carbonyl (C=O) groups excluding carboxylic acids is 1. The number of anilines is 1. The Morgan fingerprint density at radius 2 is 2.11 bits per heavy atom. The number of rotatable bonds is 6. The van der Waals surface area contributed by atoms with Crippen LogP contribution in [0.25, 0.3) is 0 Å². The van der Waals surface area contributed by atoms with Crippen molar-refractivity contribution in [2.24, 2.45) is 0 Å². The summed E-state index contributed by atoms with van der Waals surface area (Å²) in [7, 11) is 2.02. The Kier molecular flexibility index (Phi) is 5.12. The first kappa shape index (κ1) is 19.0. The molecule has 0 radical (unpaired) electrons. The van der Waals surface area contributed by atoms with Crippen LogP contribution in [0.3, 0.4) is 0 Å². The molecule has 1 aliphatic heterocycles. The maximum absolute atomic E-state index is 12.6. The lowest BCUT2D eigenvalue weighted by molar-refractivity contribution is -0.112. The van der Waals surface area contributed by atoms with E-state index in [0.717, 1.165) is 23.6 Å². The van der Waals surface area contributed by atoms with E-state index in [1.807, 2.05) is 30.6 Å². The molecule has 4 rings (SSSR count). The summed E-state index contributed by atoms with van der Waals surface area (Å²) in [5.41, 5.74) is 3.24. The van der Waals surface area contributed by atoms with Crippen LogP contribution in [0.2, 0.25) is 0 Å². The molecule has 144 valence electrons. The molecule has 1 aromatic carbocycles. The van der Waals surface area contributed by atoms with Crippen molar-refractivity contribution in [1.29, 1.82) is 0 Å². The Bertz CT molecular complexity index is 1020. The zero-order chi connectivity index (χ0) is 19.7. The topological polar surface area (TPSA) is 61.9 Å². The number of aromatic amines is 1. The minimum atomic E-state index is -0.190. The summed E-state index contributed by atoms with van der Waals surface area (Å²) in [5.74, 6) is 1.21. The normalized spacial score (nSPS) is 16.5. The van der Waals surface area contributed by atoms with Gasteiger partial charge in [0.15, 0.2) is 5.78 Å². The molecule has 1 aliphatic rings. The Labute approximate surface area is 172 Å². The smallest absolute Gasteiger partial charge is 0.208 e. The second-order valence-corrected chi connectivity index (χ2v) is 9.28. The SMILES string of the molecule is CN1/C(=C\C(=O)CSc2n[nH]c(Cc3cccs3)n2)C(C)(C)c2ccccc21. The number of ketones is 1. The highest BCUT2D eigenvalue weighted by Crippen LogP contribution is 2.46. The number of aromatic nitrogens is 3. The summed E-state index contributed by atoms with van der Waals surface area (Å²) in [6.45, 7) is 4.32. The number of allylic oxidation sites excluding steroid dienone is 2. The molecule has 0 spiro atoms. The van der Waals surface area contributed by atoms with Crippen LogP contribution in [0.4, 0.5) is 5.69 Å². The van der Waals surface area contributed by atoms with Crippen LogP contribution in [0, 0.1) is 0 Å². The average Bonchev–Trinajstić information content (AvgIpc) is 3.39. The first-order valence-corrected chi connectivity index (χ1v) is 11.0. The molecule has 0 saturated carbocycles. The number of benzene rings is 1. The predicted octanol–water partition coefficient (Wildman–Crippen LogP) is 4.43. The number of nitrogens with one attached hydrogen (secondary N) is 1. The van der Waals surface area contributed by atoms with Gasteiger partial charge in [0.2, 0.25) is 5.16 Å². The standard InChI is InChI=1S/C21H22N4OS2/c1-21(2)16-8-4-5-9-17(16)25(3)18(21)11-14(26)13-28-20-22-19(23-24-20)12-15-7-6-10-27-15/h4-11H,12-13H2,1-3H3,(H,22,23,24)/b18-11-. The van der Waals surface area contributed by atoms with Crippen molar-refractivity contribution in [3.05, 3.63) is 69.8 Å². The van der Waals surface area contributed by atoms with Crippen LogP contribution < -0.4 is 4.90 Å². The van der Waals surface area contributed by atoms with E-state index in [2.05, 4.69) is 52.1 Å². The second-order valence-electron chi connectivity index (χ2n) is 7.31. The number of hydrogen-bond donors (Lipinski definition) is 1. The number of nitrogens with zero attached hydrogens (tertiary/aromatic N) is 3. The van der Waals surface area contributed by atoms with Gasteiger partial charge in [-0.05, 0) is 23.1 Å². The molecular weight excluding hydrogens is 388 g/mol. The fourth-order valence-corrected chi connectivity index (χ4v) is 4.94. The van der Waals surface area contributed by atoms with Crippen molar-refractivity contribution in [3.8, 4) is 0 Å². The summed E-state index contributed by atoms with van der Waals surface area (Å²) in [6.07, 6.45) is 2.51. The van der Waals surface area contributed by atoms with Gasteiger partial charge in [0.25, 0.3) is 0 Å². The van der Waals surface area contributed by atoms with Crippen molar-refractivity contribution < 1.29 is 4.79 Å². The Morgan fingerprint density at radius 1 is 1.29 bits per heavy atom. The molecule has 28 heavy (non-hydrogen) atoms. The lowest BCUT2D eigenvalue weighted by Crippen LogP contribution is -2.24. The largest absolute Gasteiger partial charge is 0.347 e. The summed E-state index contributed by atoms with van der Waals surface area (Å²) < 4.78 is 0. The Morgan fingerprint density at radius 3 is 2.86 bits per heavy atom. The van der Waals surface area contributed by atoms with Crippen molar-refractivity contribution in [1.82, 2.24) is 15.2 Å². The maximum atomic E-state index is 12.6. The molecule has 0 saturated heterocycles. The quantitative estimate of drug-likeness (QED) is 0.481. The average molecular weight is 411 g/mol. The minimum Gasteiger partial charge on any atom is -0.347 e. The second kappa shape index (κ2) is 7.56. The van der Waals surface area contributed by atoms with Gasteiger partial charge in [-0.1, -0.05) is 49.9 Å².